The predicted octanol–water partition coefficient (Wildman–Crippen LogP) is 5.74. The quantitative estimate of drug-likeness (QED) is 0.197. The lowest BCUT2D eigenvalue weighted by molar-refractivity contribution is -0.242. The van der Waals surface area contributed by atoms with Crippen LogP contribution in [0.1, 0.15) is 103 Å². The van der Waals surface area contributed by atoms with Crippen LogP contribution in [-0.4, -0.2) is 45.2 Å². The zero-order chi connectivity index (χ0) is 21.3. The molecular formula is C23H45O6P. The second kappa shape index (κ2) is 16.8. The van der Waals surface area contributed by atoms with Crippen molar-refractivity contribution in [1.82, 2.24) is 0 Å². The Hall–Kier alpha value is 0.190. The van der Waals surface area contributed by atoms with E-state index < -0.39 is 8.17 Å². The van der Waals surface area contributed by atoms with Crippen molar-refractivity contribution < 1.29 is 27.9 Å². The molecule has 0 aromatic carbocycles. The fourth-order valence-corrected chi connectivity index (χ4v) is 5.30. The molecule has 2 aliphatic rings. The van der Waals surface area contributed by atoms with Gasteiger partial charge in [-0.25, -0.2) is 0 Å². The monoisotopic (exact) mass is 448 g/mol. The predicted molar refractivity (Wildman–Crippen MR) is 119 cm³/mol. The van der Waals surface area contributed by atoms with Crippen LogP contribution in [0.2, 0.25) is 0 Å². The standard InChI is InChI=1S/C23H45O6P/c1-2-3-4-5-6-7-8-9-10-11-12-13-14-15-16-22-23(26-18-17-25-22)21-29-30(24)27-19-20-28-30/h22-23H,2-21H2,1H3/t22-,23-/m1/s1. The van der Waals surface area contributed by atoms with Gasteiger partial charge in [-0.1, -0.05) is 96.8 Å². The zero-order valence-electron chi connectivity index (χ0n) is 19.2. The molecule has 2 aliphatic heterocycles. The maximum atomic E-state index is 12.1. The molecule has 7 heteroatoms. The maximum absolute atomic E-state index is 12.1. The summed E-state index contributed by atoms with van der Waals surface area (Å²) in [5, 5.41) is 0. The zero-order valence-corrected chi connectivity index (χ0v) is 20.1. The lowest BCUT2D eigenvalue weighted by Crippen LogP contribution is -2.41. The fourth-order valence-electron chi connectivity index (χ4n) is 4.15. The molecule has 178 valence electrons. The number of hydrogen-bond donors (Lipinski definition) is 0. The minimum Gasteiger partial charge on any atom is -0.606 e. The van der Waals surface area contributed by atoms with Gasteiger partial charge in [0.1, 0.15) is 25.9 Å². The minimum absolute atomic E-state index is 0.00489. The summed E-state index contributed by atoms with van der Waals surface area (Å²) < 4.78 is 27.2. The summed E-state index contributed by atoms with van der Waals surface area (Å²) >= 11 is 0. The van der Waals surface area contributed by atoms with Gasteiger partial charge in [-0.3, -0.25) is 0 Å². The second-order valence-corrected chi connectivity index (χ2v) is 10.3. The number of unbranched alkanes of at least 4 members (excludes halogenated alkanes) is 13. The van der Waals surface area contributed by atoms with Crippen molar-refractivity contribution in [1.29, 1.82) is 0 Å². The fraction of sp³-hybridized carbons (Fsp3) is 1.00. The van der Waals surface area contributed by atoms with Gasteiger partial charge in [0.15, 0.2) is 0 Å². The highest BCUT2D eigenvalue weighted by molar-refractivity contribution is 7.54. The van der Waals surface area contributed by atoms with Crippen molar-refractivity contribution in [2.45, 2.75) is 115 Å². The second-order valence-electron chi connectivity index (χ2n) is 8.61. The van der Waals surface area contributed by atoms with Gasteiger partial charge >= 0.3 is 8.17 Å². The van der Waals surface area contributed by atoms with Crippen LogP contribution >= 0.6 is 8.17 Å². The lowest BCUT2D eigenvalue weighted by atomic mass is 10.0. The van der Waals surface area contributed by atoms with Crippen molar-refractivity contribution in [2.24, 2.45) is 0 Å². The Bertz CT molecular complexity index is 405. The van der Waals surface area contributed by atoms with E-state index in [1.54, 1.807) is 0 Å². The van der Waals surface area contributed by atoms with Gasteiger partial charge in [0.25, 0.3) is 0 Å². The van der Waals surface area contributed by atoms with Crippen LogP contribution < -0.4 is 4.89 Å². The van der Waals surface area contributed by atoms with Crippen LogP contribution in [0.3, 0.4) is 0 Å². The Kier molecular flexibility index (Phi) is 14.8. The molecule has 0 bridgehead atoms. The molecule has 2 rings (SSSR count). The largest absolute Gasteiger partial charge is 0.606 e. The molecule has 30 heavy (non-hydrogen) atoms. The van der Waals surface area contributed by atoms with E-state index in [9.17, 15) is 4.89 Å². The van der Waals surface area contributed by atoms with Crippen LogP contribution in [0, 0.1) is 0 Å². The SMILES string of the molecule is CCCCCCCCCCCCCCCC[C@H]1OCCO[C@@H]1CO[P+]1([O-])OCCO1. The highest BCUT2D eigenvalue weighted by Gasteiger charge is 2.40. The third-order valence-electron chi connectivity index (χ3n) is 5.98. The molecule has 0 amide bonds. The molecule has 0 radical (unpaired) electrons. The Labute approximate surface area is 185 Å². The number of ether oxygens (including phenoxy) is 2. The first-order valence-corrected chi connectivity index (χ1v) is 14.0. The van der Waals surface area contributed by atoms with Gasteiger partial charge in [-0.05, 0) is 6.42 Å². The highest BCUT2D eigenvalue weighted by Crippen LogP contribution is 2.56. The van der Waals surface area contributed by atoms with E-state index in [-0.39, 0.29) is 18.8 Å². The van der Waals surface area contributed by atoms with Gasteiger partial charge in [0, 0.05) is 0 Å². The van der Waals surface area contributed by atoms with Crippen LogP contribution in [0.15, 0.2) is 0 Å². The van der Waals surface area contributed by atoms with E-state index in [2.05, 4.69) is 6.92 Å². The van der Waals surface area contributed by atoms with Crippen molar-refractivity contribution in [3.63, 3.8) is 0 Å². The molecule has 0 aromatic rings. The molecule has 0 unspecified atom stereocenters. The molecule has 2 saturated heterocycles. The summed E-state index contributed by atoms with van der Waals surface area (Å²) in [6.45, 7) is 4.28. The summed E-state index contributed by atoms with van der Waals surface area (Å²) in [6, 6.07) is 0. The van der Waals surface area contributed by atoms with Crippen LogP contribution in [-0.2, 0) is 23.0 Å². The van der Waals surface area contributed by atoms with Crippen molar-refractivity contribution in [2.75, 3.05) is 33.0 Å². The first-order valence-electron chi connectivity index (χ1n) is 12.5. The first kappa shape index (κ1) is 26.4. The molecule has 0 spiro atoms. The summed E-state index contributed by atoms with van der Waals surface area (Å²) in [5.74, 6) is 0. The number of phosphoric ester groups is 1. The molecule has 6 nitrogen and oxygen atoms in total. The van der Waals surface area contributed by atoms with E-state index in [1.165, 1.54) is 83.5 Å². The molecule has 2 fully saturated rings. The van der Waals surface area contributed by atoms with Crippen LogP contribution in [0.4, 0.5) is 0 Å². The normalized spacial score (nSPS) is 23.8. The minimum atomic E-state index is -3.36. The number of phosphoric acid groups is 1. The summed E-state index contributed by atoms with van der Waals surface area (Å²) in [6.07, 6.45) is 19.8. The van der Waals surface area contributed by atoms with E-state index in [0.29, 0.717) is 26.4 Å². The maximum Gasteiger partial charge on any atom is 0.379 e. The molecule has 0 N–H and O–H groups in total. The molecule has 2 heterocycles. The van der Waals surface area contributed by atoms with Gasteiger partial charge in [-0.2, -0.15) is 13.6 Å². The third kappa shape index (κ3) is 11.7. The highest BCUT2D eigenvalue weighted by atomic mass is 31.2. The van der Waals surface area contributed by atoms with E-state index in [4.69, 9.17) is 23.0 Å². The molecular weight excluding hydrogens is 403 g/mol. The molecule has 0 aromatic heterocycles. The summed E-state index contributed by atoms with van der Waals surface area (Å²) in [4.78, 5) is 12.1. The number of rotatable bonds is 18. The third-order valence-corrected chi connectivity index (χ3v) is 7.45. The molecule has 0 aliphatic carbocycles. The summed E-state index contributed by atoms with van der Waals surface area (Å²) in [7, 11) is -3.36. The number of hydrogen-bond acceptors (Lipinski definition) is 6. The Morgan fingerprint density at radius 2 is 1.13 bits per heavy atom. The van der Waals surface area contributed by atoms with Crippen LogP contribution in [0.5, 0.6) is 0 Å². The molecule has 2 atom stereocenters. The van der Waals surface area contributed by atoms with E-state index in [1.807, 2.05) is 0 Å². The Morgan fingerprint density at radius 3 is 1.67 bits per heavy atom. The Balaban J connectivity index is 1.41. The summed E-state index contributed by atoms with van der Waals surface area (Å²) in [5.41, 5.74) is 0. The van der Waals surface area contributed by atoms with E-state index in [0.717, 1.165) is 12.8 Å². The van der Waals surface area contributed by atoms with Gasteiger partial charge in [0.05, 0.1) is 19.3 Å². The smallest absolute Gasteiger partial charge is 0.379 e. The average Bonchev–Trinajstić information content (AvgIpc) is 3.20. The average molecular weight is 449 g/mol. The van der Waals surface area contributed by atoms with Gasteiger partial charge in [-0.15, -0.1) is 0 Å². The lowest BCUT2D eigenvalue weighted by Gasteiger charge is -2.32. The van der Waals surface area contributed by atoms with Crippen molar-refractivity contribution in [3.05, 3.63) is 0 Å². The van der Waals surface area contributed by atoms with Crippen molar-refractivity contribution >= 4 is 8.17 Å². The van der Waals surface area contributed by atoms with E-state index >= 15 is 0 Å². The Morgan fingerprint density at radius 1 is 0.667 bits per heavy atom. The van der Waals surface area contributed by atoms with Gasteiger partial charge < -0.3 is 14.4 Å². The van der Waals surface area contributed by atoms with Crippen LogP contribution in [0.25, 0.3) is 0 Å². The molecule has 0 saturated carbocycles. The first-order chi connectivity index (χ1) is 14.7. The van der Waals surface area contributed by atoms with Gasteiger partial charge in [0.2, 0.25) is 0 Å². The van der Waals surface area contributed by atoms with Crippen molar-refractivity contribution in [3.8, 4) is 0 Å². The topological polar surface area (TPSA) is 69.2 Å².